The van der Waals surface area contributed by atoms with Gasteiger partial charge in [-0.15, -0.1) is 0 Å². The fourth-order valence-corrected chi connectivity index (χ4v) is 2.95. The molecule has 5 heteroatoms. The van der Waals surface area contributed by atoms with Gasteiger partial charge in [0.15, 0.2) is 0 Å². The molecule has 1 heterocycles. The fraction of sp³-hybridized carbons (Fsp3) is 0.211. The molecule has 0 aliphatic carbocycles. The van der Waals surface area contributed by atoms with Crippen LogP contribution in [0, 0.1) is 13.8 Å². The summed E-state index contributed by atoms with van der Waals surface area (Å²) in [6, 6.07) is 11.0. The highest BCUT2D eigenvalue weighted by molar-refractivity contribution is 9.10. The number of hydrogen-bond donors (Lipinski definition) is 0. The molecule has 0 amide bonds. The topological polar surface area (TPSA) is 48.7 Å². The molecule has 24 heavy (non-hydrogen) atoms. The Hall–Kier alpha value is -2.27. The van der Waals surface area contributed by atoms with Crippen molar-refractivity contribution in [3.8, 4) is 11.5 Å². The van der Waals surface area contributed by atoms with E-state index < -0.39 is 5.63 Å². The van der Waals surface area contributed by atoms with Crippen LogP contribution in [0.5, 0.6) is 11.5 Å². The van der Waals surface area contributed by atoms with Crippen LogP contribution >= 0.6 is 15.9 Å². The minimum atomic E-state index is -0.420. The zero-order chi connectivity index (χ0) is 17.3. The van der Waals surface area contributed by atoms with E-state index in [1.54, 1.807) is 7.11 Å². The summed E-state index contributed by atoms with van der Waals surface area (Å²) in [6.45, 7) is 4.19. The SMILES string of the molecule is COc1ccc(Br)c(COc2cc(=O)oc3c(C)ccc(C)c23)c1. The van der Waals surface area contributed by atoms with E-state index in [9.17, 15) is 4.79 Å². The third kappa shape index (κ3) is 3.17. The lowest BCUT2D eigenvalue weighted by Gasteiger charge is -2.13. The van der Waals surface area contributed by atoms with Crippen LogP contribution < -0.4 is 15.1 Å². The van der Waals surface area contributed by atoms with E-state index in [-0.39, 0.29) is 0 Å². The van der Waals surface area contributed by atoms with Gasteiger partial charge in [0.25, 0.3) is 0 Å². The first-order chi connectivity index (χ1) is 11.5. The van der Waals surface area contributed by atoms with E-state index in [1.165, 1.54) is 6.07 Å². The van der Waals surface area contributed by atoms with Crippen LogP contribution in [0.2, 0.25) is 0 Å². The fourth-order valence-electron chi connectivity index (χ4n) is 2.59. The summed E-state index contributed by atoms with van der Waals surface area (Å²) in [7, 11) is 1.62. The van der Waals surface area contributed by atoms with Crippen molar-refractivity contribution in [2.24, 2.45) is 0 Å². The Morgan fingerprint density at radius 3 is 2.58 bits per heavy atom. The zero-order valence-electron chi connectivity index (χ0n) is 13.7. The van der Waals surface area contributed by atoms with Crippen molar-refractivity contribution in [3.63, 3.8) is 0 Å². The number of aryl methyl sites for hydroxylation is 2. The number of hydrogen-bond acceptors (Lipinski definition) is 4. The quantitative estimate of drug-likeness (QED) is 0.604. The highest BCUT2D eigenvalue weighted by Crippen LogP contribution is 2.31. The summed E-state index contributed by atoms with van der Waals surface area (Å²) in [5.74, 6) is 1.28. The molecular formula is C19H17BrO4. The molecule has 0 N–H and O–H groups in total. The van der Waals surface area contributed by atoms with Crippen LogP contribution in [0.3, 0.4) is 0 Å². The first-order valence-corrected chi connectivity index (χ1v) is 8.28. The molecule has 0 bridgehead atoms. The van der Waals surface area contributed by atoms with E-state index in [2.05, 4.69) is 15.9 Å². The molecule has 0 saturated carbocycles. The number of halogens is 1. The van der Waals surface area contributed by atoms with Gasteiger partial charge in [0.2, 0.25) is 0 Å². The maximum atomic E-state index is 11.9. The van der Waals surface area contributed by atoms with Crippen LogP contribution in [0.15, 0.2) is 50.1 Å². The minimum Gasteiger partial charge on any atom is -0.497 e. The summed E-state index contributed by atoms with van der Waals surface area (Å²) in [5, 5.41) is 0.827. The lowest BCUT2D eigenvalue weighted by atomic mass is 10.1. The van der Waals surface area contributed by atoms with Gasteiger partial charge in [-0.1, -0.05) is 28.1 Å². The number of ether oxygens (including phenoxy) is 2. The summed E-state index contributed by atoms with van der Waals surface area (Å²) < 4.78 is 17.5. The molecule has 0 radical (unpaired) electrons. The molecule has 0 unspecified atom stereocenters. The highest BCUT2D eigenvalue weighted by Gasteiger charge is 2.12. The van der Waals surface area contributed by atoms with Crippen molar-refractivity contribution >= 4 is 26.9 Å². The molecule has 2 aromatic carbocycles. The Labute approximate surface area is 148 Å². The lowest BCUT2D eigenvalue weighted by Crippen LogP contribution is -2.04. The Bertz CT molecular complexity index is 959. The van der Waals surface area contributed by atoms with Crippen molar-refractivity contribution in [1.82, 2.24) is 0 Å². The summed E-state index contributed by atoms with van der Waals surface area (Å²) in [4.78, 5) is 11.9. The number of benzene rings is 2. The second-order valence-electron chi connectivity index (χ2n) is 5.58. The highest BCUT2D eigenvalue weighted by atomic mass is 79.9. The predicted octanol–water partition coefficient (Wildman–Crippen LogP) is 4.76. The van der Waals surface area contributed by atoms with Crippen molar-refractivity contribution in [2.75, 3.05) is 7.11 Å². The van der Waals surface area contributed by atoms with E-state index in [0.29, 0.717) is 17.9 Å². The normalized spacial score (nSPS) is 10.8. The lowest BCUT2D eigenvalue weighted by molar-refractivity contribution is 0.305. The third-order valence-corrected chi connectivity index (χ3v) is 4.67. The van der Waals surface area contributed by atoms with E-state index >= 15 is 0 Å². The molecule has 0 fully saturated rings. The van der Waals surface area contributed by atoms with Gasteiger partial charge >= 0.3 is 5.63 Å². The third-order valence-electron chi connectivity index (χ3n) is 3.90. The van der Waals surface area contributed by atoms with Gasteiger partial charge in [0.05, 0.1) is 18.6 Å². The van der Waals surface area contributed by atoms with E-state index in [4.69, 9.17) is 13.9 Å². The van der Waals surface area contributed by atoms with Crippen LogP contribution in [-0.4, -0.2) is 7.11 Å². The molecule has 0 aliphatic rings. The number of fused-ring (bicyclic) bond motifs is 1. The average molecular weight is 389 g/mol. The van der Waals surface area contributed by atoms with Crippen molar-refractivity contribution in [1.29, 1.82) is 0 Å². The van der Waals surface area contributed by atoms with Crippen molar-refractivity contribution < 1.29 is 13.9 Å². The maximum Gasteiger partial charge on any atom is 0.339 e. The average Bonchev–Trinajstić information content (AvgIpc) is 2.57. The second kappa shape index (κ2) is 6.69. The monoisotopic (exact) mass is 388 g/mol. The molecule has 0 saturated heterocycles. The summed E-state index contributed by atoms with van der Waals surface area (Å²) >= 11 is 3.51. The molecule has 0 spiro atoms. The summed E-state index contributed by atoms with van der Waals surface area (Å²) in [6.07, 6.45) is 0. The largest absolute Gasteiger partial charge is 0.497 e. The minimum absolute atomic E-state index is 0.309. The molecule has 4 nitrogen and oxygen atoms in total. The van der Waals surface area contributed by atoms with Crippen LogP contribution in [0.1, 0.15) is 16.7 Å². The molecule has 0 atom stereocenters. The van der Waals surface area contributed by atoms with Gasteiger partial charge in [-0.2, -0.15) is 0 Å². The predicted molar refractivity (Wildman–Crippen MR) is 97.0 cm³/mol. The molecule has 3 rings (SSSR count). The number of rotatable bonds is 4. The van der Waals surface area contributed by atoms with Crippen LogP contribution in [-0.2, 0) is 6.61 Å². The van der Waals surface area contributed by atoms with Gasteiger partial charge in [-0.3, -0.25) is 0 Å². The smallest absolute Gasteiger partial charge is 0.339 e. The first kappa shape index (κ1) is 16.6. The van der Waals surface area contributed by atoms with Crippen molar-refractivity contribution in [3.05, 3.63) is 68.0 Å². The molecule has 124 valence electrons. The Kier molecular flexibility index (Phi) is 4.62. The van der Waals surface area contributed by atoms with Gasteiger partial charge < -0.3 is 13.9 Å². The Morgan fingerprint density at radius 2 is 1.83 bits per heavy atom. The summed E-state index contributed by atoms with van der Waals surface area (Å²) in [5.41, 5.74) is 2.99. The number of methoxy groups -OCH3 is 1. The molecule has 1 aromatic heterocycles. The van der Waals surface area contributed by atoms with Gasteiger partial charge in [-0.25, -0.2) is 4.79 Å². The van der Waals surface area contributed by atoms with E-state index in [1.807, 2.05) is 44.2 Å². The first-order valence-electron chi connectivity index (χ1n) is 7.49. The molecule has 3 aromatic rings. The van der Waals surface area contributed by atoms with Gasteiger partial charge in [0.1, 0.15) is 23.7 Å². The van der Waals surface area contributed by atoms with Gasteiger partial charge in [0, 0.05) is 10.0 Å². The second-order valence-corrected chi connectivity index (χ2v) is 6.43. The van der Waals surface area contributed by atoms with E-state index in [0.717, 1.165) is 32.3 Å². The Balaban J connectivity index is 2.02. The van der Waals surface area contributed by atoms with Crippen LogP contribution in [0.25, 0.3) is 11.0 Å². The maximum absolute atomic E-state index is 11.9. The zero-order valence-corrected chi connectivity index (χ0v) is 15.3. The molecule has 0 aliphatic heterocycles. The molecular weight excluding hydrogens is 372 g/mol. The van der Waals surface area contributed by atoms with Crippen molar-refractivity contribution in [2.45, 2.75) is 20.5 Å². The van der Waals surface area contributed by atoms with Gasteiger partial charge in [-0.05, 0) is 43.2 Å². The van der Waals surface area contributed by atoms with Crippen LogP contribution in [0.4, 0.5) is 0 Å². The standard InChI is InChI=1S/C19H17BrO4/c1-11-4-5-12(2)19-18(11)16(9-17(21)24-19)23-10-13-8-14(22-3)6-7-15(13)20/h4-9H,10H2,1-3H3. The Morgan fingerprint density at radius 1 is 1.08 bits per heavy atom.